The van der Waals surface area contributed by atoms with Crippen molar-refractivity contribution in [2.45, 2.75) is 0 Å². The van der Waals surface area contributed by atoms with Gasteiger partial charge in [0.05, 0.1) is 10.0 Å². The van der Waals surface area contributed by atoms with Gasteiger partial charge in [-0.1, -0.05) is 46.4 Å². The Morgan fingerprint density at radius 3 is 1.47 bits per heavy atom. The fraction of sp³-hybridized carbons (Fsp3) is 0. The highest BCUT2D eigenvalue weighted by atomic mass is 35.5. The minimum Gasteiger partial charge on any atom is -0.453 e. The molecule has 0 saturated carbocycles. The third-order valence-corrected chi connectivity index (χ3v) is 4.17. The Hall–Kier alpha value is -0.600. The van der Waals surface area contributed by atoms with Crippen LogP contribution in [-0.2, 0) is 0 Å². The highest BCUT2D eigenvalue weighted by Crippen LogP contribution is 2.41. The average Bonchev–Trinajstić information content (AvgIpc) is 2.69. The molecule has 0 fully saturated rings. The molecule has 0 aliphatic carbocycles. The summed E-state index contributed by atoms with van der Waals surface area (Å²) in [6.07, 6.45) is 0. The van der Waals surface area contributed by atoms with Crippen LogP contribution in [0.1, 0.15) is 0 Å². The minimum atomic E-state index is 0.382. The third-order valence-electron chi connectivity index (χ3n) is 2.59. The van der Waals surface area contributed by atoms with E-state index in [9.17, 15) is 0 Å². The van der Waals surface area contributed by atoms with Crippen LogP contribution in [0, 0.1) is 0 Å². The van der Waals surface area contributed by atoms with Gasteiger partial charge in [-0.2, -0.15) is 0 Å². The van der Waals surface area contributed by atoms with Crippen LogP contribution in [0.4, 0.5) is 0 Å². The van der Waals surface area contributed by atoms with Crippen LogP contribution in [0.3, 0.4) is 0 Å². The molecule has 0 atom stereocenters. The lowest BCUT2D eigenvalue weighted by molar-refractivity contribution is 0.669. The third kappa shape index (κ3) is 1.61. The Morgan fingerprint density at radius 1 is 0.647 bits per heavy atom. The van der Waals surface area contributed by atoms with E-state index in [1.165, 1.54) is 0 Å². The molecular formula is C12H4Cl4O. The maximum Gasteiger partial charge on any atom is 0.155 e. The highest BCUT2D eigenvalue weighted by molar-refractivity contribution is 6.47. The molecule has 17 heavy (non-hydrogen) atoms. The van der Waals surface area contributed by atoms with Gasteiger partial charge in [0.15, 0.2) is 11.2 Å². The molecule has 3 aromatic rings. The van der Waals surface area contributed by atoms with Gasteiger partial charge in [-0.05, 0) is 24.3 Å². The number of benzene rings is 2. The van der Waals surface area contributed by atoms with Crippen molar-refractivity contribution < 1.29 is 4.42 Å². The summed E-state index contributed by atoms with van der Waals surface area (Å²) in [4.78, 5) is 0. The molecule has 1 nitrogen and oxygen atoms in total. The molecule has 5 heteroatoms. The topological polar surface area (TPSA) is 13.1 Å². The first-order chi connectivity index (χ1) is 8.09. The maximum atomic E-state index is 6.09. The van der Waals surface area contributed by atoms with Gasteiger partial charge in [0.25, 0.3) is 0 Å². The summed E-state index contributed by atoms with van der Waals surface area (Å²) in [5, 5.41) is 3.39. The Labute approximate surface area is 117 Å². The summed E-state index contributed by atoms with van der Waals surface area (Å²) in [6.45, 7) is 0. The zero-order valence-corrected chi connectivity index (χ0v) is 11.3. The quantitative estimate of drug-likeness (QED) is 0.482. The van der Waals surface area contributed by atoms with E-state index in [1.54, 1.807) is 12.1 Å². The van der Waals surface area contributed by atoms with Crippen molar-refractivity contribution in [1.82, 2.24) is 0 Å². The Balaban J connectivity index is 2.58. The van der Waals surface area contributed by atoms with E-state index in [0.717, 1.165) is 10.8 Å². The van der Waals surface area contributed by atoms with Crippen LogP contribution in [0.5, 0.6) is 0 Å². The van der Waals surface area contributed by atoms with E-state index in [-0.39, 0.29) is 0 Å². The molecule has 0 unspecified atom stereocenters. The van der Waals surface area contributed by atoms with E-state index >= 15 is 0 Å². The number of rotatable bonds is 0. The van der Waals surface area contributed by atoms with Gasteiger partial charge in [0.2, 0.25) is 0 Å². The van der Waals surface area contributed by atoms with Crippen molar-refractivity contribution in [3.8, 4) is 0 Å². The average molecular weight is 306 g/mol. The number of furan rings is 1. The van der Waals surface area contributed by atoms with Crippen LogP contribution in [0.15, 0.2) is 28.7 Å². The van der Waals surface area contributed by atoms with Crippen molar-refractivity contribution in [2.75, 3.05) is 0 Å². The number of hydrogen-bond donors (Lipinski definition) is 0. The van der Waals surface area contributed by atoms with Crippen molar-refractivity contribution in [2.24, 2.45) is 0 Å². The molecule has 86 valence electrons. The lowest BCUT2D eigenvalue weighted by Crippen LogP contribution is -1.71. The first-order valence-corrected chi connectivity index (χ1v) is 6.25. The summed E-state index contributed by atoms with van der Waals surface area (Å²) >= 11 is 24.0. The van der Waals surface area contributed by atoms with E-state index < -0.39 is 0 Å². The van der Waals surface area contributed by atoms with Crippen molar-refractivity contribution in [3.05, 3.63) is 44.4 Å². The van der Waals surface area contributed by atoms with Crippen LogP contribution in [0.25, 0.3) is 21.9 Å². The molecule has 0 amide bonds. The number of halogens is 4. The first-order valence-electron chi connectivity index (χ1n) is 4.74. The van der Waals surface area contributed by atoms with E-state index in [1.807, 2.05) is 12.1 Å². The van der Waals surface area contributed by atoms with Crippen molar-refractivity contribution in [3.63, 3.8) is 0 Å². The van der Waals surface area contributed by atoms with Gasteiger partial charge in [0, 0.05) is 10.8 Å². The summed E-state index contributed by atoms with van der Waals surface area (Å²) in [5.41, 5.74) is 1.05. The second-order valence-electron chi connectivity index (χ2n) is 3.58. The molecule has 3 rings (SSSR count). The van der Waals surface area contributed by atoms with Crippen molar-refractivity contribution in [1.29, 1.82) is 0 Å². The SMILES string of the molecule is Clc1ccc2c(oc3c(Cl)c(Cl)ccc32)c1Cl. The number of hydrogen-bond acceptors (Lipinski definition) is 1. The fourth-order valence-corrected chi connectivity index (χ4v) is 2.49. The largest absolute Gasteiger partial charge is 0.453 e. The molecular weight excluding hydrogens is 302 g/mol. The molecule has 0 saturated heterocycles. The predicted molar refractivity (Wildman–Crippen MR) is 73.8 cm³/mol. The van der Waals surface area contributed by atoms with Gasteiger partial charge in [0.1, 0.15) is 10.0 Å². The normalized spacial score (nSPS) is 11.5. The monoisotopic (exact) mass is 304 g/mol. The number of fused-ring (bicyclic) bond motifs is 3. The van der Waals surface area contributed by atoms with Crippen LogP contribution < -0.4 is 0 Å². The summed E-state index contributed by atoms with van der Waals surface area (Å²) in [7, 11) is 0. The Morgan fingerprint density at radius 2 is 1.06 bits per heavy atom. The molecule has 0 aliphatic heterocycles. The molecule has 0 spiro atoms. The molecule has 0 N–H and O–H groups in total. The summed E-state index contributed by atoms with van der Waals surface area (Å²) in [5.74, 6) is 0. The second kappa shape index (κ2) is 3.96. The van der Waals surface area contributed by atoms with Crippen LogP contribution in [0.2, 0.25) is 20.1 Å². The molecule has 0 radical (unpaired) electrons. The fourth-order valence-electron chi connectivity index (χ4n) is 1.79. The molecule has 1 heterocycles. The predicted octanol–water partition coefficient (Wildman–Crippen LogP) is 6.20. The van der Waals surface area contributed by atoms with E-state index in [0.29, 0.717) is 31.3 Å². The van der Waals surface area contributed by atoms with Crippen molar-refractivity contribution >= 4 is 68.3 Å². The Kier molecular flexibility index (Phi) is 2.68. The second-order valence-corrected chi connectivity index (χ2v) is 5.15. The van der Waals surface area contributed by atoms with E-state index in [2.05, 4.69) is 0 Å². The van der Waals surface area contributed by atoms with Gasteiger partial charge in [-0.3, -0.25) is 0 Å². The first kappa shape index (κ1) is 11.5. The Bertz CT molecular complexity index is 683. The van der Waals surface area contributed by atoms with Crippen LogP contribution >= 0.6 is 46.4 Å². The minimum absolute atomic E-state index is 0.382. The summed E-state index contributed by atoms with van der Waals surface area (Å²) < 4.78 is 5.64. The zero-order chi connectivity index (χ0) is 12.2. The molecule has 1 aromatic heterocycles. The smallest absolute Gasteiger partial charge is 0.155 e. The van der Waals surface area contributed by atoms with E-state index in [4.69, 9.17) is 50.8 Å². The van der Waals surface area contributed by atoms with Gasteiger partial charge in [-0.25, -0.2) is 0 Å². The highest BCUT2D eigenvalue weighted by Gasteiger charge is 2.15. The van der Waals surface area contributed by atoms with Gasteiger partial charge < -0.3 is 4.42 Å². The molecule has 0 aliphatic rings. The lowest BCUT2D eigenvalue weighted by Gasteiger charge is -1.95. The maximum absolute atomic E-state index is 6.09. The van der Waals surface area contributed by atoms with Gasteiger partial charge in [-0.15, -0.1) is 0 Å². The molecule has 2 aromatic carbocycles. The van der Waals surface area contributed by atoms with Gasteiger partial charge >= 0.3 is 0 Å². The standard InChI is InChI=1S/C12H4Cl4O/c13-7-3-1-5-6-2-4-8(14)10(16)12(6)17-11(5)9(7)15/h1-4H. The zero-order valence-electron chi connectivity index (χ0n) is 8.23. The molecule has 0 bridgehead atoms. The van der Waals surface area contributed by atoms with Crippen LogP contribution in [-0.4, -0.2) is 0 Å². The lowest BCUT2D eigenvalue weighted by atomic mass is 10.1. The summed E-state index contributed by atoms with van der Waals surface area (Å²) in [6, 6.07) is 7.15.